The van der Waals surface area contributed by atoms with Gasteiger partial charge in [-0.25, -0.2) is 4.79 Å². The Balaban J connectivity index is 1.91. The number of carboxylic acids is 1. The molecule has 0 aliphatic carbocycles. The predicted octanol–water partition coefficient (Wildman–Crippen LogP) is 2.91. The number of ether oxygens (including phenoxy) is 1. The monoisotopic (exact) mass is 322 g/mol. The van der Waals surface area contributed by atoms with Crippen LogP contribution in [0.15, 0.2) is 6.07 Å². The molecule has 0 radical (unpaired) electrons. The van der Waals surface area contributed by atoms with Crippen LogP contribution in [0.5, 0.6) is 11.5 Å². The molecule has 0 spiro atoms. The van der Waals surface area contributed by atoms with Crippen molar-refractivity contribution in [1.82, 2.24) is 0 Å². The van der Waals surface area contributed by atoms with E-state index in [1.807, 2.05) is 0 Å². The van der Waals surface area contributed by atoms with Gasteiger partial charge in [0, 0.05) is 18.9 Å². The Bertz CT molecular complexity index is 608. The smallest absolute Gasteiger partial charge is 0.342 e. The van der Waals surface area contributed by atoms with Gasteiger partial charge in [0.1, 0.15) is 23.2 Å². The minimum absolute atomic E-state index is 0.0247. The number of carbonyl (C=O) groups is 2. The number of hydrogen-bond acceptors (Lipinski definition) is 5. The average Bonchev–Trinajstić information content (AvgIpc) is 2.47. The Morgan fingerprint density at radius 3 is 2.61 bits per heavy atom. The maximum atomic E-state index is 12.1. The Kier molecular flexibility index (Phi) is 5.47. The highest BCUT2D eigenvalue weighted by Gasteiger charge is 2.31. The van der Waals surface area contributed by atoms with Gasteiger partial charge in [0.15, 0.2) is 0 Å². The van der Waals surface area contributed by atoms with E-state index in [1.165, 1.54) is 0 Å². The largest absolute Gasteiger partial charge is 0.508 e. The van der Waals surface area contributed by atoms with Crippen molar-refractivity contribution in [2.24, 2.45) is 0 Å². The van der Waals surface area contributed by atoms with Crippen LogP contribution >= 0.6 is 0 Å². The molecule has 0 aromatic heterocycles. The molecule has 6 heteroatoms. The lowest BCUT2D eigenvalue weighted by molar-refractivity contribution is -0.137. The number of phenolic OH excluding ortho intramolecular Hbond substituents is 2. The van der Waals surface area contributed by atoms with E-state index in [2.05, 4.69) is 0 Å². The van der Waals surface area contributed by atoms with Crippen LogP contribution in [0.25, 0.3) is 0 Å². The quantitative estimate of drug-likeness (QED) is 0.527. The second-order valence-corrected chi connectivity index (χ2v) is 5.97. The van der Waals surface area contributed by atoms with Crippen LogP contribution in [-0.4, -0.2) is 33.4 Å². The molecule has 1 aliphatic rings. The van der Waals surface area contributed by atoms with Crippen molar-refractivity contribution >= 4 is 11.9 Å². The average molecular weight is 322 g/mol. The molecule has 126 valence electrons. The van der Waals surface area contributed by atoms with Crippen LogP contribution in [-0.2, 0) is 16.0 Å². The lowest BCUT2D eigenvalue weighted by Gasteiger charge is -2.26. The summed E-state index contributed by atoms with van der Waals surface area (Å²) in [5.74, 6) is -1.61. The fourth-order valence-corrected chi connectivity index (χ4v) is 2.93. The van der Waals surface area contributed by atoms with Gasteiger partial charge >= 0.3 is 11.9 Å². The van der Waals surface area contributed by atoms with Gasteiger partial charge in [0.25, 0.3) is 0 Å². The zero-order valence-electron chi connectivity index (χ0n) is 13.2. The standard InChI is InChI=1S/C17H22O6/c1-10-12-8-11(6-4-2-3-5-7-15(20)21)23-17(22)16(12)14(19)9-13(10)18/h9,11,18-19H,2-8H2,1H3,(H,20,21). The maximum Gasteiger partial charge on any atom is 0.342 e. The third-order valence-corrected chi connectivity index (χ3v) is 4.24. The van der Waals surface area contributed by atoms with Gasteiger partial charge in [-0.2, -0.15) is 0 Å². The van der Waals surface area contributed by atoms with Crippen LogP contribution in [0, 0.1) is 6.92 Å². The highest BCUT2D eigenvalue weighted by molar-refractivity contribution is 5.96. The first kappa shape index (κ1) is 17.1. The Hall–Kier alpha value is -2.24. The van der Waals surface area contributed by atoms with Gasteiger partial charge in [-0.05, 0) is 37.3 Å². The zero-order valence-corrected chi connectivity index (χ0v) is 13.2. The van der Waals surface area contributed by atoms with E-state index in [4.69, 9.17) is 9.84 Å². The minimum atomic E-state index is -0.780. The number of carbonyl (C=O) groups excluding carboxylic acids is 1. The molecule has 0 saturated carbocycles. The molecule has 6 nitrogen and oxygen atoms in total. The summed E-state index contributed by atoms with van der Waals surface area (Å²) >= 11 is 0. The van der Waals surface area contributed by atoms with Gasteiger partial charge in [-0.15, -0.1) is 0 Å². The summed E-state index contributed by atoms with van der Waals surface area (Å²) in [6.45, 7) is 1.72. The fourth-order valence-electron chi connectivity index (χ4n) is 2.93. The fraction of sp³-hybridized carbons (Fsp3) is 0.529. The second kappa shape index (κ2) is 7.35. The molecule has 3 N–H and O–H groups in total. The number of cyclic esters (lactones) is 1. The summed E-state index contributed by atoms with van der Waals surface area (Å²) < 4.78 is 5.36. The number of hydrogen-bond donors (Lipinski definition) is 3. The van der Waals surface area contributed by atoms with Crippen LogP contribution in [0.3, 0.4) is 0 Å². The molecular weight excluding hydrogens is 300 g/mol. The Labute approximate surface area is 134 Å². The van der Waals surface area contributed by atoms with Crippen molar-refractivity contribution in [2.45, 2.75) is 58.0 Å². The zero-order chi connectivity index (χ0) is 17.0. The SMILES string of the molecule is Cc1c(O)cc(O)c2c1CC(CCCCCCC(=O)O)OC2=O. The van der Waals surface area contributed by atoms with Crippen molar-refractivity contribution in [3.05, 3.63) is 22.8 Å². The normalized spacial score (nSPS) is 16.7. The number of aliphatic carboxylic acids is 1. The first-order valence-electron chi connectivity index (χ1n) is 7.87. The third kappa shape index (κ3) is 4.15. The number of unbranched alkanes of at least 4 members (excludes halogenated alkanes) is 3. The molecule has 2 rings (SSSR count). The van der Waals surface area contributed by atoms with E-state index >= 15 is 0 Å². The summed E-state index contributed by atoms with van der Waals surface area (Å²) in [6.07, 6.45) is 4.30. The summed E-state index contributed by atoms with van der Waals surface area (Å²) in [5, 5.41) is 28.2. The lowest BCUT2D eigenvalue weighted by Crippen LogP contribution is -2.28. The number of benzene rings is 1. The number of fused-ring (bicyclic) bond motifs is 1. The number of phenols is 2. The highest BCUT2D eigenvalue weighted by Crippen LogP contribution is 2.36. The van der Waals surface area contributed by atoms with Crippen molar-refractivity contribution < 1.29 is 29.6 Å². The summed E-state index contributed by atoms with van der Waals surface area (Å²) in [6, 6.07) is 1.16. The van der Waals surface area contributed by atoms with Crippen LogP contribution in [0.4, 0.5) is 0 Å². The van der Waals surface area contributed by atoms with Crippen LogP contribution in [0.1, 0.15) is 60.0 Å². The Morgan fingerprint density at radius 2 is 1.91 bits per heavy atom. The number of esters is 1. The van der Waals surface area contributed by atoms with Gasteiger partial charge in [0.2, 0.25) is 0 Å². The molecule has 1 unspecified atom stereocenters. The van der Waals surface area contributed by atoms with E-state index in [9.17, 15) is 19.8 Å². The highest BCUT2D eigenvalue weighted by atomic mass is 16.5. The third-order valence-electron chi connectivity index (χ3n) is 4.24. The molecule has 1 aromatic carbocycles. The van der Waals surface area contributed by atoms with Gasteiger partial charge < -0.3 is 20.1 Å². The van der Waals surface area contributed by atoms with Crippen LogP contribution in [0.2, 0.25) is 0 Å². The van der Waals surface area contributed by atoms with Gasteiger partial charge in [0.05, 0.1) is 0 Å². The molecular formula is C17H22O6. The van der Waals surface area contributed by atoms with Crippen molar-refractivity contribution in [3.63, 3.8) is 0 Å². The molecule has 0 bridgehead atoms. The minimum Gasteiger partial charge on any atom is -0.508 e. The summed E-state index contributed by atoms with van der Waals surface area (Å²) in [7, 11) is 0. The summed E-state index contributed by atoms with van der Waals surface area (Å²) in [4.78, 5) is 22.5. The Morgan fingerprint density at radius 1 is 1.22 bits per heavy atom. The molecule has 1 atom stereocenters. The van der Waals surface area contributed by atoms with E-state index in [1.54, 1.807) is 6.92 Å². The molecule has 23 heavy (non-hydrogen) atoms. The summed E-state index contributed by atoms with van der Waals surface area (Å²) in [5.41, 5.74) is 1.40. The molecule has 0 fully saturated rings. The van der Waals surface area contributed by atoms with E-state index in [0.717, 1.165) is 25.3 Å². The van der Waals surface area contributed by atoms with E-state index in [-0.39, 0.29) is 29.6 Å². The molecule has 1 heterocycles. The first-order chi connectivity index (χ1) is 10.9. The number of carboxylic acid groups (broad SMARTS) is 1. The second-order valence-electron chi connectivity index (χ2n) is 5.97. The number of aromatic hydroxyl groups is 2. The van der Waals surface area contributed by atoms with Gasteiger partial charge in [-0.1, -0.05) is 12.8 Å². The van der Waals surface area contributed by atoms with Crippen LogP contribution < -0.4 is 0 Å². The lowest BCUT2D eigenvalue weighted by atomic mass is 9.91. The maximum absolute atomic E-state index is 12.1. The van der Waals surface area contributed by atoms with Crippen molar-refractivity contribution in [2.75, 3.05) is 0 Å². The molecule has 0 saturated heterocycles. The van der Waals surface area contributed by atoms with Crippen molar-refractivity contribution in [3.8, 4) is 11.5 Å². The van der Waals surface area contributed by atoms with E-state index in [0.29, 0.717) is 30.4 Å². The van der Waals surface area contributed by atoms with Gasteiger partial charge in [-0.3, -0.25) is 4.79 Å². The van der Waals surface area contributed by atoms with Crippen molar-refractivity contribution in [1.29, 1.82) is 0 Å². The molecule has 1 aromatic rings. The number of rotatable bonds is 7. The first-order valence-corrected chi connectivity index (χ1v) is 7.87. The molecule has 1 aliphatic heterocycles. The predicted molar refractivity (Wildman–Crippen MR) is 82.8 cm³/mol. The molecule has 0 amide bonds. The topological polar surface area (TPSA) is 104 Å². The van der Waals surface area contributed by atoms with E-state index < -0.39 is 11.9 Å².